The van der Waals surface area contributed by atoms with Crippen LogP contribution in [0, 0.1) is 18.7 Å². The number of likely N-dealkylation sites (tertiary alicyclic amines) is 2. The summed E-state index contributed by atoms with van der Waals surface area (Å²) >= 11 is 1.63. The Morgan fingerprint density at radius 1 is 0.771 bits per heavy atom. The van der Waals surface area contributed by atoms with Crippen LogP contribution >= 0.6 is 65.3 Å². The van der Waals surface area contributed by atoms with Gasteiger partial charge >= 0.3 is 12.2 Å². The second-order valence-corrected chi connectivity index (χ2v) is 22.0. The lowest BCUT2D eigenvalue weighted by molar-refractivity contribution is -0.134. The topological polar surface area (TPSA) is 205 Å². The Morgan fingerprint density at radius 2 is 1.39 bits per heavy atom. The minimum absolute atomic E-state index is 0. The molecule has 5 aliphatic heterocycles. The fourth-order valence-electron chi connectivity index (χ4n) is 11.6. The highest BCUT2D eigenvalue weighted by Gasteiger charge is 2.41. The van der Waals surface area contributed by atoms with E-state index in [9.17, 15) is 19.2 Å². The molecule has 0 bridgehead atoms. The highest BCUT2D eigenvalue weighted by atomic mass is 32.1. The van der Waals surface area contributed by atoms with Crippen LogP contribution in [0.5, 0.6) is 5.75 Å². The largest absolute Gasteiger partial charge is 0.464 e. The first-order valence-electron chi connectivity index (χ1n) is 26.6. The summed E-state index contributed by atoms with van der Waals surface area (Å²) in [4.78, 5) is 71.3. The van der Waals surface area contributed by atoms with Gasteiger partial charge in [-0.1, -0.05) is 79.1 Å². The van der Waals surface area contributed by atoms with Gasteiger partial charge in [-0.2, -0.15) is 54.0 Å². The van der Waals surface area contributed by atoms with E-state index in [-0.39, 0.29) is 90.2 Å². The van der Waals surface area contributed by atoms with E-state index in [0.717, 1.165) is 79.2 Å². The molecular weight excluding hydrogens is 1150 g/mol. The van der Waals surface area contributed by atoms with E-state index in [0.29, 0.717) is 60.6 Å². The van der Waals surface area contributed by atoms with Crippen molar-refractivity contribution in [2.45, 2.75) is 96.1 Å². The molecular formula is C60H67FN10O7S5. The molecule has 4 amide bonds. The van der Waals surface area contributed by atoms with E-state index in [2.05, 4.69) is 86.7 Å². The number of fused-ring (bicyclic) bond motifs is 5. The maximum Gasteiger partial charge on any atom is 0.407 e. The van der Waals surface area contributed by atoms with Crippen LogP contribution in [0.25, 0.3) is 54.2 Å². The maximum absolute atomic E-state index is 17.2. The fourth-order valence-corrected chi connectivity index (χ4v) is 12.6. The first-order valence-corrected chi connectivity index (χ1v) is 27.4. The molecule has 5 aliphatic rings. The number of halogens is 1. The zero-order valence-electron chi connectivity index (χ0n) is 46.4. The number of aromatic nitrogens is 1. The van der Waals surface area contributed by atoms with Crippen LogP contribution in [0.2, 0.25) is 0 Å². The Kier molecular flexibility index (Phi) is 20.7. The molecule has 2 fully saturated rings. The number of benzene rings is 4. The molecule has 1 unspecified atom stereocenters. The number of hydrogen-bond acceptors (Lipinski definition) is 11. The summed E-state index contributed by atoms with van der Waals surface area (Å²) in [6.45, 7) is 6.87. The third kappa shape index (κ3) is 12.8. The highest BCUT2D eigenvalue weighted by Crippen LogP contribution is 2.49. The van der Waals surface area contributed by atoms with Crippen LogP contribution in [0.1, 0.15) is 85.7 Å². The predicted octanol–water partition coefficient (Wildman–Crippen LogP) is 12.5. The summed E-state index contributed by atoms with van der Waals surface area (Å²) in [6, 6.07) is 28.9. The van der Waals surface area contributed by atoms with Crippen LogP contribution in [-0.4, -0.2) is 101 Å². The third-order valence-corrected chi connectivity index (χ3v) is 16.8. The van der Waals surface area contributed by atoms with E-state index < -0.39 is 36.3 Å². The van der Waals surface area contributed by atoms with Gasteiger partial charge in [-0.3, -0.25) is 24.1 Å². The lowest BCUT2D eigenvalue weighted by Crippen LogP contribution is -2.53. The molecule has 23 heteroatoms. The molecule has 5 atom stereocenters. The Morgan fingerprint density at radius 3 is 2.01 bits per heavy atom. The van der Waals surface area contributed by atoms with Gasteiger partial charge < -0.3 is 34.6 Å². The summed E-state index contributed by atoms with van der Waals surface area (Å²) < 4.78 is 36.0. The van der Waals surface area contributed by atoms with Gasteiger partial charge in [0, 0.05) is 77.0 Å². The van der Waals surface area contributed by atoms with Crippen LogP contribution in [0.3, 0.4) is 0 Å². The zero-order chi connectivity index (χ0) is 55.1. The van der Waals surface area contributed by atoms with Gasteiger partial charge in [-0.15, -0.1) is 11.3 Å². The number of aryl methyl sites for hydroxylation is 1. The molecule has 0 saturated carbocycles. The van der Waals surface area contributed by atoms with Gasteiger partial charge in [0.1, 0.15) is 23.7 Å². The summed E-state index contributed by atoms with van der Waals surface area (Å²) in [6.07, 6.45) is 5.73. The number of azide groups is 1. The number of allylic oxidation sites excluding steroid dienone is 2. The van der Waals surface area contributed by atoms with Gasteiger partial charge in [0.25, 0.3) is 0 Å². The molecule has 83 heavy (non-hydrogen) atoms. The van der Waals surface area contributed by atoms with Crippen molar-refractivity contribution >= 4 is 128 Å². The lowest BCUT2D eigenvalue weighted by atomic mass is 9.95. The number of methoxy groups -OCH3 is 2. The van der Waals surface area contributed by atoms with Crippen molar-refractivity contribution in [3.05, 3.63) is 153 Å². The fraction of sp³-hybridized carbons (Fsp3) is 0.333. The minimum Gasteiger partial charge on any atom is -0.464 e. The normalized spacial score (nSPS) is 18.2. The molecule has 11 rings (SSSR count). The van der Waals surface area contributed by atoms with Crippen molar-refractivity contribution in [1.82, 2.24) is 25.0 Å². The standard InChI is InChI=1S/C60H59FN10O7S.4H2S/c1-33(2)55(66-60(75)77-5)57(73)70-23-7-9-49(70)45-28-41(32-64-45)38-26-43(61)54-50-29-39-25-37(16-19-47(39)71(50)58(78-51(54)30-38)53-21-20-52(79-53)36-14-10-34(3)11-15-36)40-27-44(63-31-40)48-8-6-22-69(48)56(72)46(65-59(74)76-4)24-35-12-17-42(18-13-35)67-68-62;;;;/h10-21,25-26,29-33,46,48-49,55,58H,6-9,22-24,27-28H2,1-5H3,(H,65,74)(H,66,75);4*1H2/t46-,48-,49-,55-,58?;;;;/m0..../s1. The number of amides is 4. The number of thiophene rings is 1. The highest BCUT2D eigenvalue weighted by molar-refractivity contribution is 7.59. The van der Waals surface area contributed by atoms with Gasteiger partial charge in [-0.25, -0.2) is 14.0 Å². The van der Waals surface area contributed by atoms with Crippen molar-refractivity contribution in [2.75, 3.05) is 27.3 Å². The monoisotopic (exact) mass is 1220 g/mol. The summed E-state index contributed by atoms with van der Waals surface area (Å²) in [7, 11) is 2.53. The van der Waals surface area contributed by atoms with Crippen LogP contribution < -0.4 is 15.4 Å². The van der Waals surface area contributed by atoms with Gasteiger partial charge in [0.05, 0.1) is 48.0 Å². The Bertz CT molecular complexity index is 3610. The molecule has 6 aromatic rings. The predicted molar refractivity (Wildman–Crippen MR) is 344 cm³/mol. The molecule has 17 nitrogen and oxygen atoms in total. The van der Waals surface area contributed by atoms with E-state index in [1.54, 1.807) is 57.7 Å². The van der Waals surface area contributed by atoms with Crippen LogP contribution in [0.4, 0.5) is 19.7 Å². The molecule has 4 aromatic carbocycles. The number of carbonyl (C=O) groups is 4. The number of ether oxygens (including phenoxy) is 3. The number of carbonyl (C=O) groups excluding carboxylic acids is 4. The number of rotatable bonds is 14. The average molecular weight is 1220 g/mol. The minimum atomic E-state index is -0.912. The zero-order valence-corrected chi connectivity index (χ0v) is 51.3. The lowest BCUT2D eigenvalue weighted by Gasteiger charge is -2.31. The van der Waals surface area contributed by atoms with E-state index >= 15 is 4.39 Å². The summed E-state index contributed by atoms with van der Waals surface area (Å²) in [5, 5.41) is 9.98. The summed E-state index contributed by atoms with van der Waals surface area (Å²) in [5.41, 5.74) is 19.2. The van der Waals surface area contributed by atoms with Gasteiger partial charge in [-0.05, 0) is 120 Å². The number of aliphatic imine (C=N–C) groups is 2. The Balaban J connectivity index is 0.00000248. The second-order valence-electron chi connectivity index (χ2n) is 20.9. The van der Waals surface area contributed by atoms with Gasteiger partial charge in [0.2, 0.25) is 18.0 Å². The smallest absolute Gasteiger partial charge is 0.407 e. The second kappa shape index (κ2) is 27.1. The maximum atomic E-state index is 17.2. The average Bonchev–Trinajstić information content (AvgIpc) is 4.21. The number of nitrogens with one attached hydrogen (secondary N) is 2. The van der Waals surface area contributed by atoms with Crippen LogP contribution in [-0.2, 0) is 25.5 Å². The molecule has 7 heterocycles. The van der Waals surface area contributed by atoms with E-state index in [1.165, 1.54) is 19.8 Å². The van der Waals surface area contributed by atoms with E-state index in [1.807, 2.05) is 32.2 Å². The van der Waals surface area contributed by atoms with Crippen molar-refractivity contribution < 1.29 is 37.8 Å². The quantitative estimate of drug-likeness (QED) is 0.0612. The van der Waals surface area contributed by atoms with Gasteiger partial charge in [0.15, 0.2) is 0 Å². The number of alkyl carbamates (subject to hydrolysis) is 2. The Labute approximate surface area is 512 Å². The molecule has 2 aromatic heterocycles. The first kappa shape index (κ1) is 63.4. The van der Waals surface area contributed by atoms with Crippen molar-refractivity contribution in [1.29, 1.82) is 0 Å². The molecule has 2 N–H and O–H groups in total. The molecule has 0 spiro atoms. The molecule has 436 valence electrons. The molecule has 0 radical (unpaired) electrons. The van der Waals surface area contributed by atoms with Crippen molar-refractivity contribution in [2.24, 2.45) is 21.0 Å². The number of hydrogen-bond donors (Lipinski definition) is 2. The number of nitrogens with zero attached hydrogens (tertiary/aromatic N) is 8. The third-order valence-electron chi connectivity index (χ3n) is 15.6. The van der Waals surface area contributed by atoms with Crippen molar-refractivity contribution in [3.63, 3.8) is 0 Å². The molecule has 2 saturated heterocycles. The van der Waals surface area contributed by atoms with E-state index in [4.69, 9.17) is 29.7 Å². The Hall–Kier alpha value is -7.14. The van der Waals surface area contributed by atoms with Crippen LogP contribution in [0.15, 0.2) is 125 Å². The van der Waals surface area contributed by atoms with Crippen molar-refractivity contribution in [3.8, 4) is 27.4 Å². The summed E-state index contributed by atoms with van der Waals surface area (Å²) in [5.74, 6) is -0.639. The first-order chi connectivity index (χ1) is 38.3. The molecule has 0 aliphatic carbocycles. The SMILES string of the molecule is COC(=O)N[C@@H](Cc1ccc(N=[N+]=[N-])cc1)C(=O)N1CCC[C@H]1C1=NC=C(c2ccc3c(c2)cc2n3C(c3ccc(-c4ccc(C)cc4)s3)Oc3cc(C4=CN=C([C@@H]5CCCN5C(=O)[C@@H](NC(=O)OC)C(C)C)C4)cc(F)c3-2)C1.S.S.S.S.